The van der Waals surface area contributed by atoms with Gasteiger partial charge in [0.15, 0.2) is 0 Å². The van der Waals surface area contributed by atoms with Crippen molar-refractivity contribution in [2.75, 3.05) is 23.5 Å². The first-order valence-electron chi connectivity index (χ1n) is 6.97. The normalized spacial score (nSPS) is 14.4. The van der Waals surface area contributed by atoms with Crippen LogP contribution < -0.4 is 4.90 Å². The lowest BCUT2D eigenvalue weighted by molar-refractivity contribution is 0.0986. The number of thioether (sulfide) groups is 2. The van der Waals surface area contributed by atoms with Gasteiger partial charge in [-0.25, -0.2) is 0 Å². The molecule has 0 spiro atoms. The van der Waals surface area contributed by atoms with Crippen LogP contribution >= 0.6 is 23.5 Å². The minimum atomic E-state index is 0.0950. The maximum atomic E-state index is 12.8. The van der Waals surface area contributed by atoms with Gasteiger partial charge in [-0.1, -0.05) is 12.1 Å². The Morgan fingerprint density at radius 2 is 1.90 bits per heavy atom. The zero-order valence-corrected chi connectivity index (χ0v) is 13.5. The summed E-state index contributed by atoms with van der Waals surface area (Å²) in [5.41, 5.74) is 1.80. The Labute approximate surface area is 133 Å². The van der Waals surface area contributed by atoms with Gasteiger partial charge in [-0.2, -0.15) is 0 Å². The van der Waals surface area contributed by atoms with Crippen molar-refractivity contribution in [2.24, 2.45) is 0 Å². The highest BCUT2D eigenvalue weighted by Crippen LogP contribution is 2.34. The zero-order chi connectivity index (χ0) is 14.7. The number of benzene rings is 2. The lowest BCUT2D eigenvalue weighted by atomic mass is 10.1. The number of anilines is 1. The third-order valence-electron chi connectivity index (χ3n) is 3.52. The number of carbonyl (C=O) groups is 1. The van der Waals surface area contributed by atoms with Gasteiger partial charge in [0.2, 0.25) is 0 Å². The molecule has 1 aliphatic rings. The van der Waals surface area contributed by atoms with Gasteiger partial charge in [0, 0.05) is 21.9 Å². The van der Waals surface area contributed by atoms with E-state index in [1.807, 2.05) is 65.4 Å². The third-order valence-corrected chi connectivity index (χ3v) is 5.41. The molecule has 0 saturated heterocycles. The first-order valence-corrected chi connectivity index (χ1v) is 9.18. The van der Waals surface area contributed by atoms with Gasteiger partial charge in [0.05, 0.1) is 5.69 Å². The first kappa shape index (κ1) is 14.5. The fraction of sp³-hybridized carbons (Fsp3) is 0.235. The van der Waals surface area contributed by atoms with Gasteiger partial charge in [0.25, 0.3) is 5.91 Å². The number of hydrogen-bond acceptors (Lipinski definition) is 3. The molecular formula is C17H17NOS2. The lowest BCUT2D eigenvalue weighted by Crippen LogP contribution is -2.31. The second-order valence-electron chi connectivity index (χ2n) is 4.86. The molecule has 0 aliphatic carbocycles. The fourth-order valence-electron chi connectivity index (χ4n) is 2.43. The van der Waals surface area contributed by atoms with Crippen LogP contribution in [0.1, 0.15) is 16.8 Å². The van der Waals surface area contributed by atoms with Gasteiger partial charge in [-0.3, -0.25) is 4.79 Å². The van der Waals surface area contributed by atoms with Gasteiger partial charge in [-0.05, 0) is 54.8 Å². The van der Waals surface area contributed by atoms with E-state index in [9.17, 15) is 4.79 Å². The van der Waals surface area contributed by atoms with Crippen LogP contribution in [-0.2, 0) is 0 Å². The molecule has 2 aromatic rings. The molecule has 2 nitrogen and oxygen atoms in total. The van der Waals surface area contributed by atoms with Crippen LogP contribution in [0.4, 0.5) is 5.69 Å². The van der Waals surface area contributed by atoms with E-state index in [0.29, 0.717) is 0 Å². The number of amides is 1. The minimum Gasteiger partial charge on any atom is -0.307 e. The molecule has 21 heavy (non-hydrogen) atoms. The summed E-state index contributed by atoms with van der Waals surface area (Å²) in [5, 5.41) is 0. The van der Waals surface area contributed by atoms with Gasteiger partial charge in [-0.15, -0.1) is 23.5 Å². The van der Waals surface area contributed by atoms with Crippen LogP contribution in [0.25, 0.3) is 0 Å². The van der Waals surface area contributed by atoms with Crippen molar-refractivity contribution in [1.29, 1.82) is 0 Å². The molecule has 1 aliphatic heterocycles. The van der Waals surface area contributed by atoms with Crippen LogP contribution in [0.2, 0.25) is 0 Å². The molecule has 108 valence electrons. The van der Waals surface area contributed by atoms with Crippen molar-refractivity contribution in [2.45, 2.75) is 16.2 Å². The Bertz CT molecular complexity index is 639. The molecular weight excluding hydrogens is 298 g/mol. The number of hydrogen-bond donors (Lipinski definition) is 0. The van der Waals surface area contributed by atoms with E-state index >= 15 is 0 Å². The Kier molecular flexibility index (Phi) is 4.56. The second-order valence-corrected chi connectivity index (χ2v) is 6.87. The summed E-state index contributed by atoms with van der Waals surface area (Å²) >= 11 is 3.52. The van der Waals surface area contributed by atoms with Crippen molar-refractivity contribution >= 4 is 35.1 Å². The van der Waals surface area contributed by atoms with E-state index in [1.165, 1.54) is 9.79 Å². The zero-order valence-electron chi connectivity index (χ0n) is 11.9. The van der Waals surface area contributed by atoms with Crippen molar-refractivity contribution in [3.8, 4) is 0 Å². The van der Waals surface area contributed by atoms with Gasteiger partial charge in [0.1, 0.15) is 0 Å². The summed E-state index contributed by atoms with van der Waals surface area (Å²) < 4.78 is 0. The SMILES string of the molecule is CSc1ccc(C(=O)N2CCCSc3ccccc32)cc1. The summed E-state index contributed by atoms with van der Waals surface area (Å²) in [6.07, 6.45) is 3.06. The van der Waals surface area contributed by atoms with E-state index in [-0.39, 0.29) is 5.91 Å². The van der Waals surface area contributed by atoms with Gasteiger partial charge >= 0.3 is 0 Å². The van der Waals surface area contributed by atoms with Crippen molar-refractivity contribution in [3.63, 3.8) is 0 Å². The average molecular weight is 315 g/mol. The molecule has 0 fully saturated rings. The summed E-state index contributed by atoms with van der Waals surface area (Å²) in [6, 6.07) is 16.1. The van der Waals surface area contributed by atoms with Crippen molar-refractivity contribution < 1.29 is 4.79 Å². The highest BCUT2D eigenvalue weighted by atomic mass is 32.2. The molecule has 0 radical (unpaired) electrons. The second kappa shape index (κ2) is 6.58. The highest BCUT2D eigenvalue weighted by molar-refractivity contribution is 7.99. The van der Waals surface area contributed by atoms with Crippen LogP contribution in [0.5, 0.6) is 0 Å². The average Bonchev–Trinajstić information content (AvgIpc) is 2.77. The lowest BCUT2D eigenvalue weighted by Gasteiger charge is -2.22. The molecule has 3 rings (SSSR count). The van der Waals surface area contributed by atoms with Crippen molar-refractivity contribution in [1.82, 2.24) is 0 Å². The highest BCUT2D eigenvalue weighted by Gasteiger charge is 2.22. The number of nitrogens with zero attached hydrogens (tertiary/aromatic N) is 1. The quantitative estimate of drug-likeness (QED) is 0.758. The number of rotatable bonds is 2. The molecule has 0 N–H and O–H groups in total. The Hall–Kier alpha value is -1.39. The minimum absolute atomic E-state index is 0.0950. The van der Waals surface area contributed by atoms with E-state index in [0.717, 1.165) is 30.0 Å². The Morgan fingerprint density at radius 3 is 2.67 bits per heavy atom. The molecule has 4 heteroatoms. The summed E-state index contributed by atoms with van der Waals surface area (Å²) in [4.78, 5) is 17.1. The number of carbonyl (C=O) groups excluding carboxylic acids is 1. The molecule has 0 atom stereocenters. The monoisotopic (exact) mass is 315 g/mol. The van der Waals surface area contributed by atoms with Crippen LogP contribution in [0.15, 0.2) is 58.3 Å². The summed E-state index contributed by atoms with van der Waals surface area (Å²) in [5.74, 6) is 1.16. The maximum absolute atomic E-state index is 12.8. The standard InChI is InChI=1S/C17H17NOS2/c1-20-14-9-7-13(8-10-14)17(19)18-11-4-12-21-16-6-3-2-5-15(16)18/h2-3,5-10H,4,11-12H2,1H3. The Morgan fingerprint density at radius 1 is 1.14 bits per heavy atom. The first-order chi connectivity index (χ1) is 10.3. The number of fused-ring (bicyclic) bond motifs is 1. The van der Waals surface area contributed by atoms with Crippen molar-refractivity contribution in [3.05, 3.63) is 54.1 Å². The number of para-hydroxylation sites is 1. The van der Waals surface area contributed by atoms with Crippen LogP contribution in [-0.4, -0.2) is 24.5 Å². The van der Waals surface area contributed by atoms with Crippen LogP contribution in [0, 0.1) is 0 Å². The van der Waals surface area contributed by atoms with Gasteiger partial charge < -0.3 is 4.90 Å². The van der Waals surface area contributed by atoms with E-state index in [4.69, 9.17) is 0 Å². The molecule has 2 aromatic carbocycles. The smallest absolute Gasteiger partial charge is 0.258 e. The summed E-state index contributed by atoms with van der Waals surface area (Å²) in [6.45, 7) is 0.785. The predicted molar refractivity (Wildman–Crippen MR) is 91.7 cm³/mol. The molecule has 0 aromatic heterocycles. The van der Waals surface area contributed by atoms with E-state index < -0.39 is 0 Å². The molecule has 1 heterocycles. The molecule has 0 unspecified atom stereocenters. The van der Waals surface area contributed by atoms with Crippen LogP contribution in [0.3, 0.4) is 0 Å². The predicted octanol–water partition coefficient (Wildman–Crippen LogP) is 4.55. The molecule has 0 bridgehead atoms. The summed E-state index contributed by atoms with van der Waals surface area (Å²) in [7, 11) is 0. The Balaban J connectivity index is 1.93. The molecule has 1 amide bonds. The van der Waals surface area contributed by atoms with E-state index in [1.54, 1.807) is 11.8 Å². The maximum Gasteiger partial charge on any atom is 0.258 e. The largest absolute Gasteiger partial charge is 0.307 e. The fourth-order valence-corrected chi connectivity index (χ4v) is 3.83. The molecule has 0 saturated carbocycles. The topological polar surface area (TPSA) is 20.3 Å². The third kappa shape index (κ3) is 3.11. The van der Waals surface area contributed by atoms with E-state index in [2.05, 4.69) is 6.07 Å².